The van der Waals surface area contributed by atoms with Crippen LogP contribution in [0.2, 0.25) is 0 Å². The van der Waals surface area contributed by atoms with Gasteiger partial charge in [0, 0.05) is 13.6 Å². The van der Waals surface area contributed by atoms with Crippen LogP contribution in [-0.2, 0) is 4.74 Å². The first-order chi connectivity index (χ1) is 8.75. The fourth-order valence-corrected chi connectivity index (χ4v) is 3.49. The minimum Gasteiger partial charge on any atom is -0.388 e. The zero-order chi connectivity index (χ0) is 14.4. The van der Waals surface area contributed by atoms with E-state index >= 15 is 0 Å². The van der Waals surface area contributed by atoms with Crippen LogP contribution in [0.5, 0.6) is 0 Å². The predicted molar refractivity (Wildman–Crippen MR) is 74.1 cm³/mol. The molecule has 0 bridgehead atoms. The maximum Gasteiger partial charge on any atom is 0.162 e. The van der Waals surface area contributed by atoms with Crippen molar-refractivity contribution in [3.8, 4) is 0 Å². The molecular formula is C12H22N2O4S. The normalized spacial score (nSPS) is 38.9. The topological polar surface area (TPSA) is 85.5 Å². The maximum absolute atomic E-state index is 10.2. The standard InChI is InChI=1S/C12H22N2O4S/c1-5-14(4)11-13-6-7(15)8(16)9(12(2,3)17)18-10(6)19-11/h6-10,15-17H,5H2,1-4H3/t6-,7-,8+,9+,10?/m1/s1. The van der Waals surface area contributed by atoms with Crippen molar-refractivity contribution in [1.29, 1.82) is 0 Å². The summed E-state index contributed by atoms with van der Waals surface area (Å²) in [5.74, 6) is 0. The number of ether oxygens (including phenoxy) is 1. The lowest BCUT2D eigenvalue weighted by Gasteiger charge is -2.43. The molecule has 3 N–H and O–H groups in total. The van der Waals surface area contributed by atoms with Crippen molar-refractivity contribution in [2.24, 2.45) is 4.99 Å². The molecule has 0 aliphatic carbocycles. The SMILES string of the molecule is CCN(C)C1=N[C@H]2C(O[C@H](C(C)(C)O)[C@@H](O)[C@@H]2O)S1. The third-order valence-corrected chi connectivity index (χ3v) is 4.80. The van der Waals surface area contributed by atoms with Crippen molar-refractivity contribution in [1.82, 2.24) is 4.90 Å². The minimum absolute atomic E-state index is 0.362. The van der Waals surface area contributed by atoms with E-state index in [0.717, 1.165) is 11.7 Å². The van der Waals surface area contributed by atoms with Gasteiger partial charge >= 0.3 is 0 Å². The number of amidine groups is 1. The Kier molecular flexibility index (Phi) is 4.13. The molecular weight excluding hydrogens is 268 g/mol. The quantitative estimate of drug-likeness (QED) is 0.643. The summed E-state index contributed by atoms with van der Waals surface area (Å²) in [6.45, 7) is 5.94. The fourth-order valence-electron chi connectivity index (χ4n) is 2.25. The highest BCUT2D eigenvalue weighted by Crippen LogP contribution is 2.39. The fraction of sp³-hybridized carbons (Fsp3) is 0.917. The molecule has 0 aromatic rings. The highest BCUT2D eigenvalue weighted by atomic mass is 32.2. The molecule has 1 unspecified atom stereocenters. The number of aliphatic imine (C=N–C) groups is 1. The summed E-state index contributed by atoms with van der Waals surface area (Å²) in [6.07, 6.45) is -2.99. The number of fused-ring (bicyclic) bond motifs is 1. The van der Waals surface area contributed by atoms with E-state index in [4.69, 9.17) is 4.74 Å². The average Bonchev–Trinajstić information content (AvgIpc) is 2.75. The Balaban J connectivity index is 2.17. The molecule has 2 rings (SSSR count). The van der Waals surface area contributed by atoms with Crippen molar-refractivity contribution in [3.05, 3.63) is 0 Å². The van der Waals surface area contributed by atoms with Crippen LogP contribution < -0.4 is 0 Å². The lowest BCUT2D eigenvalue weighted by atomic mass is 9.89. The van der Waals surface area contributed by atoms with E-state index in [9.17, 15) is 15.3 Å². The number of thioether (sulfide) groups is 1. The van der Waals surface area contributed by atoms with Crippen LogP contribution in [0.3, 0.4) is 0 Å². The van der Waals surface area contributed by atoms with Gasteiger partial charge in [-0.1, -0.05) is 11.8 Å². The summed E-state index contributed by atoms with van der Waals surface area (Å²) < 4.78 is 5.74. The zero-order valence-corrected chi connectivity index (χ0v) is 12.5. The van der Waals surface area contributed by atoms with E-state index < -0.39 is 30.0 Å². The van der Waals surface area contributed by atoms with Crippen molar-refractivity contribution in [2.75, 3.05) is 13.6 Å². The average molecular weight is 290 g/mol. The largest absolute Gasteiger partial charge is 0.388 e. The first kappa shape index (κ1) is 15.1. The van der Waals surface area contributed by atoms with Crippen LogP contribution in [0.15, 0.2) is 4.99 Å². The van der Waals surface area contributed by atoms with Crippen molar-refractivity contribution in [2.45, 2.75) is 56.2 Å². The van der Waals surface area contributed by atoms with Gasteiger partial charge in [-0.3, -0.25) is 4.99 Å². The van der Waals surface area contributed by atoms with E-state index in [1.54, 1.807) is 13.8 Å². The Bertz CT molecular complexity index is 371. The second kappa shape index (κ2) is 5.21. The second-order valence-electron chi connectivity index (χ2n) is 5.59. The number of hydrogen-bond donors (Lipinski definition) is 3. The van der Waals surface area contributed by atoms with Gasteiger partial charge in [0.05, 0.1) is 5.60 Å². The summed E-state index contributed by atoms with van der Waals surface area (Å²) in [7, 11) is 1.92. The third kappa shape index (κ3) is 2.75. The molecule has 0 spiro atoms. The third-order valence-electron chi connectivity index (χ3n) is 3.55. The Labute approximate surface area is 117 Å². The maximum atomic E-state index is 10.2. The summed E-state index contributed by atoms with van der Waals surface area (Å²) >= 11 is 1.42. The molecule has 0 radical (unpaired) electrons. The molecule has 110 valence electrons. The summed E-state index contributed by atoms with van der Waals surface area (Å²) in [5, 5.41) is 31.1. The second-order valence-corrected chi connectivity index (χ2v) is 6.66. The molecule has 2 aliphatic heterocycles. The highest BCUT2D eigenvalue weighted by Gasteiger charge is 2.52. The first-order valence-corrected chi connectivity index (χ1v) is 7.33. The molecule has 6 nitrogen and oxygen atoms in total. The Morgan fingerprint density at radius 3 is 2.53 bits per heavy atom. The molecule has 0 aromatic heterocycles. The molecule has 0 amide bonds. The van der Waals surface area contributed by atoms with Gasteiger partial charge in [-0.05, 0) is 20.8 Å². The number of nitrogens with zero attached hydrogens (tertiary/aromatic N) is 2. The summed E-state index contributed by atoms with van der Waals surface area (Å²) in [5.41, 5.74) is -1.58. The highest BCUT2D eigenvalue weighted by molar-refractivity contribution is 8.14. The number of aliphatic hydroxyl groups excluding tert-OH is 2. The lowest BCUT2D eigenvalue weighted by Crippen LogP contribution is -2.61. The molecule has 2 heterocycles. The minimum atomic E-state index is -1.22. The number of hydrogen-bond acceptors (Lipinski definition) is 7. The van der Waals surface area contributed by atoms with Gasteiger partial charge in [0.15, 0.2) is 5.17 Å². The van der Waals surface area contributed by atoms with E-state index in [0.29, 0.717) is 0 Å². The van der Waals surface area contributed by atoms with Gasteiger partial charge in [0.25, 0.3) is 0 Å². The monoisotopic (exact) mass is 290 g/mol. The number of rotatable bonds is 2. The van der Waals surface area contributed by atoms with Crippen LogP contribution in [0, 0.1) is 0 Å². The molecule has 5 atom stereocenters. The van der Waals surface area contributed by atoms with Crippen LogP contribution in [0.1, 0.15) is 20.8 Å². The van der Waals surface area contributed by atoms with Gasteiger partial charge < -0.3 is 25.0 Å². The van der Waals surface area contributed by atoms with Gasteiger partial charge in [0.2, 0.25) is 0 Å². The van der Waals surface area contributed by atoms with Crippen molar-refractivity contribution < 1.29 is 20.1 Å². The molecule has 19 heavy (non-hydrogen) atoms. The van der Waals surface area contributed by atoms with Gasteiger partial charge in [-0.25, -0.2) is 0 Å². The van der Waals surface area contributed by atoms with E-state index in [1.165, 1.54) is 11.8 Å². The van der Waals surface area contributed by atoms with Crippen LogP contribution in [-0.4, -0.2) is 74.4 Å². The van der Waals surface area contributed by atoms with E-state index in [1.807, 2.05) is 18.9 Å². The van der Waals surface area contributed by atoms with Gasteiger partial charge in [-0.15, -0.1) is 0 Å². The molecule has 1 fully saturated rings. The van der Waals surface area contributed by atoms with Crippen LogP contribution in [0.4, 0.5) is 0 Å². The summed E-state index contributed by atoms with van der Waals surface area (Å²) in [4.78, 5) is 6.38. The van der Waals surface area contributed by atoms with Gasteiger partial charge in [-0.2, -0.15) is 0 Å². The summed E-state index contributed by atoms with van der Waals surface area (Å²) in [6, 6.07) is -0.484. The molecule has 2 aliphatic rings. The number of aliphatic hydroxyl groups is 3. The Morgan fingerprint density at radius 1 is 1.37 bits per heavy atom. The van der Waals surface area contributed by atoms with Crippen LogP contribution >= 0.6 is 11.8 Å². The Hall–Kier alpha value is -0.340. The molecule has 0 aromatic carbocycles. The zero-order valence-electron chi connectivity index (χ0n) is 11.6. The molecule has 1 saturated heterocycles. The van der Waals surface area contributed by atoms with E-state index in [-0.39, 0.29) is 5.44 Å². The predicted octanol–water partition coefficient (Wildman–Crippen LogP) is -0.373. The van der Waals surface area contributed by atoms with Crippen molar-refractivity contribution in [3.63, 3.8) is 0 Å². The molecule has 0 saturated carbocycles. The molecule has 7 heteroatoms. The Morgan fingerprint density at radius 2 is 2.00 bits per heavy atom. The van der Waals surface area contributed by atoms with Gasteiger partial charge in [0.1, 0.15) is 29.8 Å². The van der Waals surface area contributed by atoms with Crippen molar-refractivity contribution >= 4 is 16.9 Å². The van der Waals surface area contributed by atoms with E-state index in [2.05, 4.69) is 4.99 Å². The van der Waals surface area contributed by atoms with Crippen LogP contribution in [0.25, 0.3) is 0 Å². The first-order valence-electron chi connectivity index (χ1n) is 6.45. The smallest absolute Gasteiger partial charge is 0.162 e. The lowest BCUT2D eigenvalue weighted by molar-refractivity contribution is -0.208.